The topological polar surface area (TPSA) is 46.6 Å². The number of hydrogen-bond donors (Lipinski definition) is 0. The van der Waals surface area contributed by atoms with Gasteiger partial charge in [-0.15, -0.1) is 0 Å². The summed E-state index contributed by atoms with van der Waals surface area (Å²) in [7, 11) is -3.13. The molecule has 4 nitrogen and oxygen atoms in total. The van der Waals surface area contributed by atoms with Crippen molar-refractivity contribution in [2.24, 2.45) is 0 Å². The number of nitrogens with zero attached hydrogens (tertiary/aromatic N) is 1. The first-order chi connectivity index (χ1) is 8.67. The molecule has 5 heteroatoms. The van der Waals surface area contributed by atoms with E-state index < -0.39 is 9.84 Å². The van der Waals surface area contributed by atoms with Gasteiger partial charge >= 0.3 is 0 Å². The van der Waals surface area contributed by atoms with E-state index in [4.69, 9.17) is 4.74 Å². The van der Waals surface area contributed by atoms with Gasteiger partial charge in [-0.05, 0) is 17.2 Å². The predicted octanol–water partition coefficient (Wildman–Crippen LogP) is 1.15. The Hall–Kier alpha value is -1.33. The van der Waals surface area contributed by atoms with E-state index in [1.54, 1.807) is 12.1 Å². The molecule has 0 N–H and O–H groups in total. The first kappa shape index (κ1) is 11.7. The molecule has 1 fully saturated rings. The maximum Gasteiger partial charge on any atom is 0.183 e. The van der Waals surface area contributed by atoms with Crippen molar-refractivity contribution in [1.82, 2.24) is 4.90 Å². The molecule has 0 aliphatic carbocycles. The van der Waals surface area contributed by atoms with Crippen LogP contribution >= 0.6 is 0 Å². The third-order valence-electron chi connectivity index (χ3n) is 3.30. The van der Waals surface area contributed by atoms with Crippen molar-refractivity contribution in [2.75, 3.05) is 32.1 Å². The molecule has 3 rings (SSSR count). The summed E-state index contributed by atoms with van der Waals surface area (Å²) in [5, 5.41) is 0. The highest BCUT2D eigenvalue weighted by molar-refractivity contribution is 7.92. The highest BCUT2D eigenvalue weighted by Gasteiger charge is 2.30. The summed E-state index contributed by atoms with van der Waals surface area (Å²) >= 11 is 0. The van der Waals surface area contributed by atoms with Gasteiger partial charge in [0.2, 0.25) is 0 Å². The Morgan fingerprint density at radius 2 is 1.89 bits per heavy atom. The number of morpholine rings is 1. The molecule has 1 aromatic rings. The van der Waals surface area contributed by atoms with Crippen LogP contribution in [0.3, 0.4) is 0 Å². The van der Waals surface area contributed by atoms with Gasteiger partial charge in [-0.2, -0.15) is 0 Å². The minimum Gasteiger partial charge on any atom is -0.378 e. The van der Waals surface area contributed by atoms with Gasteiger partial charge in [0.1, 0.15) is 0 Å². The number of fused-ring (bicyclic) bond motifs is 1. The smallest absolute Gasteiger partial charge is 0.183 e. The van der Waals surface area contributed by atoms with Crippen LogP contribution in [0.25, 0.3) is 5.57 Å². The molecule has 2 aliphatic heterocycles. The number of benzene rings is 1. The van der Waals surface area contributed by atoms with Crippen LogP contribution in [-0.4, -0.2) is 45.4 Å². The summed E-state index contributed by atoms with van der Waals surface area (Å²) in [6.07, 6.45) is 1.98. The SMILES string of the molecule is O=S1(=O)CC(=CN2CCOCC2)c2ccccc21. The normalized spacial score (nSPS) is 24.2. The quantitative estimate of drug-likeness (QED) is 0.764. The fourth-order valence-corrected chi connectivity index (χ4v) is 4.01. The summed E-state index contributed by atoms with van der Waals surface area (Å²) in [6.45, 7) is 3.06. The third kappa shape index (κ3) is 2.04. The molecule has 1 aromatic carbocycles. The fraction of sp³-hybridized carbons (Fsp3) is 0.385. The van der Waals surface area contributed by atoms with Gasteiger partial charge in [-0.3, -0.25) is 0 Å². The molecule has 0 aromatic heterocycles. The lowest BCUT2D eigenvalue weighted by molar-refractivity contribution is 0.0596. The van der Waals surface area contributed by atoms with E-state index in [9.17, 15) is 8.42 Å². The average molecular weight is 265 g/mol. The summed E-state index contributed by atoms with van der Waals surface area (Å²) in [5.41, 5.74) is 1.75. The second-order valence-electron chi connectivity index (χ2n) is 4.56. The fourth-order valence-electron chi connectivity index (χ4n) is 2.40. The van der Waals surface area contributed by atoms with E-state index in [-0.39, 0.29) is 5.75 Å². The first-order valence-electron chi connectivity index (χ1n) is 6.01. The lowest BCUT2D eigenvalue weighted by atomic mass is 10.1. The van der Waals surface area contributed by atoms with E-state index in [0.29, 0.717) is 18.1 Å². The third-order valence-corrected chi connectivity index (χ3v) is 5.01. The molecule has 0 spiro atoms. The van der Waals surface area contributed by atoms with Gasteiger partial charge in [-0.1, -0.05) is 18.2 Å². The first-order valence-corrected chi connectivity index (χ1v) is 7.67. The van der Waals surface area contributed by atoms with Crippen molar-refractivity contribution in [3.8, 4) is 0 Å². The van der Waals surface area contributed by atoms with Crippen LogP contribution in [0.1, 0.15) is 5.56 Å². The van der Waals surface area contributed by atoms with Crippen molar-refractivity contribution < 1.29 is 13.2 Å². The Kier molecular flexibility index (Phi) is 2.87. The van der Waals surface area contributed by atoms with Gasteiger partial charge in [0.05, 0.1) is 23.9 Å². The molecule has 0 atom stereocenters. The maximum atomic E-state index is 12.0. The second kappa shape index (κ2) is 4.40. The molecule has 2 aliphatic rings. The standard InChI is InChI=1S/C13H15NO3S/c15-18(16)10-11(9-14-5-7-17-8-6-14)12-3-1-2-4-13(12)18/h1-4,9H,5-8,10H2. The summed E-state index contributed by atoms with van der Waals surface area (Å²) in [4.78, 5) is 2.60. The number of hydrogen-bond acceptors (Lipinski definition) is 4. The van der Waals surface area contributed by atoms with Crippen LogP contribution in [-0.2, 0) is 14.6 Å². The number of rotatable bonds is 1. The largest absolute Gasteiger partial charge is 0.378 e. The lowest BCUT2D eigenvalue weighted by Gasteiger charge is -2.25. The van der Waals surface area contributed by atoms with Crippen LogP contribution in [0.5, 0.6) is 0 Å². The van der Waals surface area contributed by atoms with Gasteiger partial charge < -0.3 is 9.64 Å². The molecule has 0 amide bonds. The summed E-state index contributed by atoms with van der Waals surface area (Å²) in [5.74, 6) is 0.115. The Labute approximate surface area is 107 Å². The molecule has 1 saturated heterocycles. The minimum atomic E-state index is -3.13. The average Bonchev–Trinajstić information content (AvgIpc) is 2.63. The Morgan fingerprint density at radius 1 is 1.17 bits per heavy atom. The zero-order valence-electron chi connectivity index (χ0n) is 10.0. The number of sulfone groups is 1. The maximum absolute atomic E-state index is 12.0. The molecule has 0 bridgehead atoms. The van der Waals surface area contributed by atoms with Crippen LogP contribution in [0.4, 0.5) is 0 Å². The van der Waals surface area contributed by atoms with Gasteiger partial charge in [0.25, 0.3) is 0 Å². The summed E-state index contributed by atoms with van der Waals surface area (Å²) < 4.78 is 29.3. The molecule has 0 radical (unpaired) electrons. The van der Waals surface area contributed by atoms with Gasteiger partial charge in [0.15, 0.2) is 9.84 Å². The van der Waals surface area contributed by atoms with E-state index in [1.807, 2.05) is 18.3 Å². The lowest BCUT2D eigenvalue weighted by Crippen LogP contribution is -2.32. The van der Waals surface area contributed by atoms with E-state index >= 15 is 0 Å². The Morgan fingerprint density at radius 3 is 2.67 bits per heavy atom. The Balaban J connectivity index is 1.98. The van der Waals surface area contributed by atoms with Gasteiger partial charge in [-0.25, -0.2) is 8.42 Å². The van der Waals surface area contributed by atoms with Crippen molar-refractivity contribution in [1.29, 1.82) is 0 Å². The van der Waals surface area contributed by atoms with Crippen LogP contribution in [0.2, 0.25) is 0 Å². The van der Waals surface area contributed by atoms with E-state index in [2.05, 4.69) is 4.90 Å². The molecular weight excluding hydrogens is 250 g/mol. The zero-order chi connectivity index (χ0) is 12.6. The molecule has 0 saturated carbocycles. The van der Waals surface area contributed by atoms with E-state index in [1.165, 1.54) is 0 Å². The Bertz CT molecular complexity index is 586. The zero-order valence-corrected chi connectivity index (χ0v) is 10.8. The molecule has 96 valence electrons. The van der Waals surface area contributed by atoms with Crippen molar-refractivity contribution in [3.63, 3.8) is 0 Å². The highest BCUT2D eigenvalue weighted by atomic mass is 32.2. The van der Waals surface area contributed by atoms with E-state index in [0.717, 1.165) is 24.2 Å². The molecule has 18 heavy (non-hydrogen) atoms. The van der Waals surface area contributed by atoms with Crippen molar-refractivity contribution in [3.05, 3.63) is 36.0 Å². The summed E-state index contributed by atoms with van der Waals surface area (Å²) in [6, 6.07) is 7.22. The van der Waals surface area contributed by atoms with Crippen LogP contribution in [0, 0.1) is 0 Å². The second-order valence-corrected chi connectivity index (χ2v) is 6.52. The molecule has 2 heterocycles. The van der Waals surface area contributed by atoms with Crippen LogP contribution < -0.4 is 0 Å². The van der Waals surface area contributed by atoms with Crippen molar-refractivity contribution in [2.45, 2.75) is 4.90 Å². The monoisotopic (exact) mass is 265 g/mol. The molecular formula is C13H15NO3S. The van der Waals surface area contributed by atoms with Crippen LogP contribution in [0.15, 0.2) is 35.4 Å². The highest BCUT2D eigenvalue weighted by Crippen LogP contribution is 2.34. The van der Waals surface area contributed by atoms with Crippen molar-refractivity contribution >= 4 is 15.4 Å². The predicted molar refractivity (Wildman–Crippen MR) is 68.9 cm³/mol. The minimum absolute atomic E-state index is 0.115. The number of ether oxygens (including phenoxy) is 1. The van der Waals surface area contributed by atoms with Gasteiger partial charge in [0, 0.05) is 19.3 Å². The molecule has 0 unspecified atom stereocenters.